The molecule has 0 atom stereocenters. The molecule has 0 fully saturated rings. The molecule has 0 unspecified atom stereocenters. The zero-order chi connectivity index (χ0) is 20.2. The molecule has 9 nitrogen and oxygen atoms in total. The number of hydrogen-bond donors (Lipinski definition) is 0. The standard InChI is InChI=1S/C19H21N5O4/c1-11-7-12(2)9-13(8-11)22-5-6-23-15-16(20-18(22)23)21(3)19(27)24(17(15)26)10-14(25)28-4/h7-9H,5-6,10H2,1-4H3. The Morgan fingerprint density at radius 2 is 1.82 bits per heavy atom. The van der Waals surface area contributed by atoms with E-state index in [2.05, 4.69) is 27.9 Å². The molecule has 146 valence electrons. The number of benzene rings is 1. The number of fused-ring (bicyclic) bond motifs is 3. The van der Waals surface area contributed by atoms with Gasteiger partial charge in [0.15, 0.2) is 11.2 Å². The molecule has 1 aliphatic rings. The highest BCUT2D eigenvalue weighted by atomic mass is 16.5. The molecule has 4 rings (SSSR count). The van der Waals surface area contributed by atoms with Crippen LogP contribution in [0.1, 0.15) is 11.1 Å². The third-order valence-corrected chi connectivity index (χ3v) is 5.03. The summed E-state index contributed by atoms with van der Waals surface area (Å²) in [5.74, 6) is -0.0421. The van der Waals surface area contributed by atoms with E-state index < -0.39 is 23.8 Å². The number of hydrogen-bond acceptors (Lipinski definition) is 6. The van der Waals surface area contributed by atoms with Crippen LogP contribution in [0.15, 0.2) is 27.8 Å². The molecular formula is C19H21N5O4. The van der Waals surface area contributed by atoms with Crippen LogP contribution in [0, 0.1) is 13.8 Å². The number of nitrogens with zero attached hydrogens (tertiary/aromatic N) is 5. The van der Waals surface area contributed by atoms with Crippen molar-refractivity contribution in [3.05, 3.63) is 50.2 Å². The topological polar surface area (TPSA) is 91.4 Å². The Morgan fingerprint density at radius 3 is 2.46 bits per heavy atom. The van der Waals surface area contributed by atoms with Gasteiger partial charge in [-0.15, -0.1) is 0 Å². The maximum absolute atomic E-state index is 13.0. The number of imidazole rings is 1. The lowest BCUT2D eigenvalue weighted by atomic mass is 10.1. The molecule has 0 bridgehead atoms. The van der Waals surface area contributed by atoms with Gasteiger partial charge < -0.3 is 14.2 Å². The summed E-state index contributed by atoms with van der Waals surface area (Å²) in [6, 6.07) is 6.23. The molecule has 9 heteroatoms. The minimum absolute atomic E-state index is 0.306. The molecule has 0 aliphatic carbocycles. The lowest BCUT2D eigenvalue weighted by molar-refractivity contribution is -0.141. The molecule has 28 heavy (non-hydrogen) atoms. The summed E-state index contributed by atoms with van der Waals surface area (Å²) in [6.45, 7) is 4.86. The van der Waals surface area contributed by atoms with Gasteiger partial charge in [0.05, 0.1) is 7.11 Å². The van der Waals surface area contributed by atoms with Crippen LogP contribution in [-0.4, -0.2) is 38.3 Å². The fraction of sp³-hybridized carbons (Fsp3) is 0.368. The van der Waals surface area contributed by atoms with Gasteiger partial charge in [-0.2, -0.15) is 4.98 Å². The lowest BCUT2D eigenvalue weighted by Crippen LogP contribution is -2.41. The smallest absolute Gasteiger partial charge is 0.333 e. The number of ether oxygens (including phenoxy) is 1. The van der Waals surface area contributed by atoms with Crippen LogP contribution in [-0.2, 0) is 29.7 Å². The molecule has 3 aromatic rings. The molecule has 0 saturated carbocycles. The molecule has 3 heterocycles. The van der Waals surface area contributed by atoms with Crippen LogP contribution in [0.25, 0.3) is 11.2 Å². The van der Waals surface area contributed by atoms with Gasteiger partial charge in [0.25, 0.3) is 5.56 Å². The summed E-state index contributed by atoms with van der Waals surface area (Å²) in [4.78, 5) is 43.8. The van der Waals surface area contributed by atoms with Gasteiger partial charge in [-0.25, -0.2) is 9.36 Å². The minimum Gasteiger partial charge on any atom is -0.468 e. The highest BCUT2D eigenvalue weighted by Gasteiger charge is 2.29. The van der Waals surface area contributed by atoms with Gasteiger partial charge in [-0.3, -0.25) is 14.2 Å². The number of esters is 1. The van der Waals surface area contributed by atoms with E-state index in [4.69, 9.17) is 0 Å². The number of aryl methyl sites for hydroxylation is 3. The van der Waals surface area contributed by atoms with Crippen LogP contribution in [0.2, 0.25) is 0 Å². The number of carbonyl (C=O) groups excluding carboxylic acids is 1. The Hall–Kier alpha value is -3.36. The first-order chi connectivity index (χ1) is 13.3. The third-order valence-electron chi connectivity index (χ3n) is 5.03. The molecule has 0 spiro atoms. The van der Waals surface area contributed by atoms with Crippen molar-refractivity contribution in [2.24, 2.45) is 7.05 Å². The summed E-state index contributed by atoms with van der Waals surface area (Å²) < 4.78 is 8.61. The first kappa shape index (κ1) is 18.0. The summed E-state index contributed by atoms with van der Waals surface area (Å²) in [5, 5.41) is 0. The molecule has 0 N–H and O–H groups in total. The number of carbonyl (C=O) groups is 1. The quantitative estimate of drug-likeness (QED) is 0.623. The number of aromatic nitrogens is 4. The molecule has 0 amide bonds. The number of methoxy groups -OCH3 is 1. The predicted octanol–water partition coefficient (Wildman–Crippen LogP) is 0.838. The van der Waals surface area contributed by atoms with Gasteiger partial charge in [-0.1, -0.05) is 6.07 Å². The van der Waals surface area contributed by atoms with E-state index in [9.17, 15) is 14.4 Å². The van der Waals surface area contributed by atoms with Crippen LogP contribution < -0.4 is 16.1 Å². The van der Waals surface area contributed by atoms with E-state index in [1.54, 1.807) is 7.05 Å². The summed E-state index contributed by atoms with van der Waals surface area (Å²) in [6.07, 6.45) is 0. The van der Waals surface area contributed by atoms with E-state index in [1.807, 2.05) is 23.3 Å². The van der Waals surface area contributed by atoms with E-state index in [0.29, 0.717) is 30.2 Å². The minimum atomic E-state index is -0.656. The average molecular weight is 383 g/mol. The summed E-state index contributed by atoms with van der Waals surface area (Å²) in [7, 11) is 2.76. The van der Waals surface area contributed by atoms with Crippen molar-refractivity contribution in [2.75, 3.05) is 18.6 Å². The van der Waals surface area contributed by atoms with Gasteiger partial charge in [0.2, 0.25) is 5.95 Å². The Balaban J connectivity index is 1.93. The maximum Gasteiger partial charge on any atom is 0.333 e. The average Bonchev–Trinajstić information content (AvgIpc) is 3.21. The fourth-order valence-corrected chi connectivity index (χ4v) is 3.76. The highest BCUT2D eigenvalue weighted by Crippen LogP contribution is 2.32. The van der Waals surface area contributed by atoms with Crippen LogP contribution in [0.5, 0.6) is 0 Å². The molecule has 1 aromatic carbocycles. The number of anilines is 2. The van der Waals surface area contributed by atoms with E-state index >= 15 is 0 Å². The Bertz CT molecular complexity index is 1210. The molecule has 2 aromatic heterocycles. The lowest BCUT2D eigenvalue weighted by Gasteiger charge is -2.17. The molecule has 1 aliphatic heterocycles. The fourth-order valence-electron chi connectivity index (χ4n) is 3.76. The van der Waals surface area contributed by atoms with Crippen LogP contribution >= 0.6 is 0 Å². The van der Waals surface area contributed by atoms with Gasteiger partial charge >= 0.3 is 11.7 Å². The highest BCUT2D eigenvalue weighted by molar-refractivity contribution is 5.78. The van der Waals surface area contributed by atoms with Gasteiger partial charge in [0, 0.05) is 25.8 Å². The van der Waals surface area contributed by atoms with Crippen molar-refractivity contribution in [1.82, 2.24) is 18.7 Å². The van der Waals surface area contributed by atoms with Crippen molar-refractivity contribution in [3.63, 3.8) is 0 Å². The van der Waals surface area contributed by atoms with Crippen molar-refractivity contribution in [2.45, 2.75) is 26.9 Å². The van der Waals surface area contributed by atoms with Crippen LogP contribution in [0.4, 0.5) is 11.6 Å². The maximum atomic E-state index is 13.0. The van der Waals surface area contributed by atoms with Gasteiger partial charge in [-0.05, 0) is 37.1 Å². The second-order valence-electron chi connectivity index (χ2n) is 7.04. The summed E-state index contributed by atoms with van der Waals surface area (Å²) in [5.41, 5.74) is 2.75. The van der Waals surface area contributed by atoms with E-state index in [0.717, 1.165) is 21.4 Å². The van der Waals surface area contributed by atoms with E-state index in [1.165, 1.54) is 11.7 Å². The molecule has 0 saturated heterocycles. The van der Waals surface area contributed by atoms with Crippen molar-refractivity contribution in [1.29, 1.82) is 0 Å². The first-order valence-electron chi connectivity index (χ1n) is 8.94. The number of rotatable bonds is 3. The zero-order valence-corrected chi connectivity index (χ0v) is 16.2. The zero-order valence-electron chi connectivity index (χ0n) is 16.2. The normalized spacial score (nSPS) is 13.2. The first-order valence-corrected chi connectivity index (χ1v) is 8.94. The molecule has 0 radical (unpaired) electrons. The second kappa shape index (κ2) is 6.36. The van der Waals surface area contributed by atoms with Crippen molar-refractivity contribution >= 4 is 28.8 Å². The Kier molecular flexibility index (Phi) is 4.10. The Morgan fingerprint density at radius 1 is 1.14 bits per heavy atom. The van der Waals surface area contributed by atoms with Crippen LogP contribution in [0.3, 0.4) is 0 Å². The van der Waals surface area contributed by atoms with Crippen molar-refractivity contribution in [3.8, 4) is 0 Å². The second-order valence-corrected chi connectivity index (χ2v) is 7.04. The third kappa shape index (κ3) is 2.62. The van der Waals surface area contributed by atoms with Crippen molar-refractivity contribution < 1.29 is 9.53 Å². The SMILES string of the molecule is COC(=O)Cn1c(=O)c2c(nc3n2CCN3c2cc(C)cc(C)c2)n(C)c1=O. The predicted molar refractivity (Wildman–Crippen MR) is 104 cm³/mol. The largest absolute Gasteiger partial charge is 0.468 e. The van der Waals surface area contributed by atoms with E-state index in [-0.39, 0.29) is 0 Å². The van der Waals surface area contributed by atoms with Gasteiger partial charge in [0.1, 0.15) is 6.54 Å². The monoisotopic (exact) mass is 383 g/mol. The molecular weight excluding hydrogens is 362 g/mol. The Labute approximate surface area is 160 Å². The summed E-state index contributed by atoms with van der Waals surface area (Å²) >= 11 is 0.